The van der Waals surface area contributed by atoms with Crippen molar-refractivity contribution in [1.29, 1.82) is 0 Å². The Balaban J connectivity index is 2.64. The molecule has 0 atom stereocenters. The van der Waals surface area contributed by atoms with Gasteiger partial charge in [0.15, 0.2) is 4.90 Å². The maximum absolute atomic E-state index is 2.28. The second kappa shape index (κ2) is 6.09. The van der Waals surface area contributed by atoms with Crippen LogP contribution >= 0.6 is 0 Å². The van der Waals surface area contributed by atoms with E-state index in [0.717, 1.165) is 0 Å². The smallest absolute Gasteiger partial charge is 0.0619 e. The monoisotopic (exact) mass is 195 g/mol. The zero-order valence-electron chi connectivity index (χ0n) is 8.62. The van der Waals surface area contributed by atoms with Gasteiger partial charge in [-0.25, -0.2) is 0 Å². The van der Waals surface area contributed by atoms with E-state index in [1.165, 1.54) is 24.3 Å². The molecule has 1 rings (SSSR count). The lowest BCUT2D eigenvalue weighted by Gasteiger charge is -2.05. The molecule has 0 aliphatic heterocycles. The quantitative estimate of drug-likeness (QED) is 0.631. The fraction of sp³-hybridized carbons (Fsp3) is 0.500. The molecule has 13 heavy (non-hydrogen) atoms. The van der Waals surface area contributed by atoms with Gasteiger partial charge in [0.1, 0.15) is 11.5 Å². The maximum Gasteiger partial charge on any atom is 0.154 e. The van der Waals surface area contributed by atoms with Gasteiger partial charge in [0.05, 0.1) is 0 Å². The topological polar surface area (TPSA) is 0 Å². The molecule has 0 unspecified atom stereocenters. The fourth-order valence-corrected chi connectivity index (χ4v) is 3.65. The summed E-state index contributed by atoms with van der Waals surface area (Å²) in [6.45, 7) is 4.55. The predicted octanol–water partition coefficient (Wildman–Crippen LogP) is 3.48. The van der Waals surface area contributed by atoms with Crippen molar-refractivity contribution in [1.82, 2.24) is 0 Å². The van der Waals surface area contributed by atoms with Crippen molar-refractivity contribution < 1.29 is 0 Å². The second-order valence-electron chi connectivity index (χ2n) is 3.21. The van der Waals surface area contributed by atoms with Gasteiger partial charge in [-0.05, 0) is 25.0 Å². The summed E-state index contributed by atoms with van der Waals surface area (Å²) >= 11 is 0. The van der Waals surface area contributed by atoms with Crippen molar-refractivity contribution >= 4 is 10.9 Å². The van der Waals surface area contributed by atoms with Gasteiger partial charge in [-0.15, -0.1) is 0 Å². The first-order valence-corrected chi connectivity index (χ1v) is 6.67. The van der Waals surface area contributed by atoms with Crippen LogP contribution in [0, 0.1) is 0 Å². The number of rotatable bonds is 5. The summed E-state index contributed by atoms with van der Waals surface area (Å²) in [5.41, 5.74) is 0. The Hall–Kier alpha value is -0.430. The summed E-state index contributed by atoms with van der Waals surface area (Å²) < 4.78 is 0. The van der Waals surface area contributed by atoms with Crippen LogP contribution in [0.2, 0.25) is 0 Å². The molecule has 0 nitrogen and oxygen atoms in total. The van der Waals surface area contributed by atoms with E-state index in [2.05, 4.69) is 44.2 Å². The Morgan fingerprint density at radius 2 is 1.46 bits per heavy atom. The standard InChI is InChI=1S/C12H19S/c1-3-10-13(11-4-2)12-8-6-5-7-9-12/h5-9H,3-4,10-11H2,1-2H3/q+1. The van der Waals surface area contributed by atoms with Gasteiger partial charge >= 0.3 is 0 Å². The molecule has 0 bridgehead atoms. The van der Waals surface area contributed by atoms with Gasteiger partial charge in [-0.3, -0.25) is 0 Å². The van der Waals surface area contributed by atoms with Crippen LogP contribution in [-0.2, 0) is 10.9 Å². The van der Waals surface area contributed by atoms with E-state index in [1.54, 1.807) is 4.90 Å². The molecule has 0 heterocycles. The molecule has 0 aliphatic rings. The van der Waals surface area contributed by atoms with Crippen molar-refractivity contribution in [2.75, 3.05) is 11.5 Å². The van der Waals surface area contributed by atoms with Crippen LogP contribution in [0.1, 0.15) is 26.7 Å². The number of hydrogen-bond acceptors (Lipinski definition) is 0. The Bertz CT molecular complexity index is 212. The first kappa shape index (κ1) is 10.6. The summed E-state index contributed by atoms with van der Waals surface area (Å²) in [4.78, 5) is 1.55. The van der Waals surface area contributed by atoms with Crippen LogP contribution < -0.4 is 0 Å². The predicted molar refractivity (Wildman–Crippen MR) is 62.4 cm³/mol. The van der Waals surface area contributed by atoms with Crippen molar-refractivity contribution in [3.63, 3.8) is 0 Å². The summed E-state index contributed by atoms with van der Waals surface area (Å²) in [6.07, 6.45) is 2.61. The molecule has 0 N–H and O–H groups in total. The average Bonchev–Trinajstić information content (AvgIpc) is 2.19. The van der Waals surface area contributed by atoms with Crippen LogP contribution in [0.15, 0.2) is 35.2 Å². The summed E-state index contributed by atoms with van der Waals surface area (Å²) in [7, 11) is 0.512. The Labute approximate surface area is 84.7 Å². The summed E-state index contributed by atoms with van der Waals surface area (Å²) in [6, 6.07) is 11.0. The van der Waals surface area contributed by atoms with Crippen LogP contribution in [0.5, 0.6) is 0 Å². The van der Waals surface area contributed by atoms with Gasteiger partial charge < -0.3 is 0 Å². The SMILES string of the molecule is CCC[S+](CCC)c1ccccc1. The number of benzene rings is 1. The van der Waals surface area contributed by atoms with Crippen molar-refractivity contribution in [3.8, 4) is 0 Å². The van der Waals surface area contributed by atoms with Gasteiger partial charge in [-0.2, -0.15) is 0 Å². The molecule has 0 saturated heterocycles. The van der Waals surface area contributed by atoms with Crippen LogP contribution in [0.3, 0.4) is 0 Å². The average molecular weight is 195 g/mol. The molecular weight excluding hydrogens is 176 g/mol. The Morgan fingerprint density at radius 1 is 0.923 bits per heavy atom. The molecule has 72 valence electrons. The minimum Gasteiger partial charge on any atom is -0.0619 e. The van der Waals surface area contributed by atoms with E-state index in [1.807, 2.05) is 0 Å². The highest BCUT2D eigenvalue weighted by molar-refractivity contribution is 7.96. The molecular formula is C12H19S+. The van der Waals surface area contributed by atoms with E-state index in [0.29, 0.717) is 10.9 Å². The molecule has 1 aromatic rings. The minimum atomic E-state index is 0.512. The third-order valence-corrected chi connectivity index (χ3v) is 4.72. The van der Waals surface area contributed by atoms with E-state index < -0.39 is 0 Å². The first-order valence-electron chi connectivity index (χ1n) is 5.11. The Morgan fingerprint density at radius 3 is 1.92 bits per heavy atom. The normalized spacial score (nSPS) is 10.7. The van der Waals surface area contributed by atoms with Crippen LogP contribution in [0.25, 0.3) is 0 Å². The van der Waals surface area contributed by atoms with E-state index in [-0.39, 0.29) is 0 Å². The van der Waals surface area contributed by atoms with Gasteiger partial charge in [0.2, 0.25) is 0 Å². The minimum absolute atomic E-state index is 0.512. The second-order valence-corrected chi connectivity index (χ2v) is 5.49. The fourth-order valence-electron chi connectivity index (χ4n) is 1.44. The van der Waals surface area contributed by atoms with Crippen LogP contribution in [0.4, 0.5) is 0 Å². The lowest BCUT2D eigenvalue weighted by atomic mass is 10.4. The highest BCUT2D eigenvalue weighted by Crippen LogP contribution is 2.15. The summed E-state index contributed by atoms with van der Waals surface area (Å²) in [5.74, 6) is 2.72. The molecule has 1 heteroatoms. The van der Waals surface area contributed by atoms with E-state index in [4.69, 9.17) is 0 Å². The molecule has 0 amide bonds. The molecule has 1 aromatic carbocycles. The highest BCUT2D eigenvalue weighted by atomic mass is 32.2. The largest absolute Gasteiger partial charge is 0.154 e. The molecule has 0 fully saturated rings. The third kappa shape index (κ3) is 3.43. The Kier molecular flexibility index (Phi) is 4.99. The first-order chi connectivity index (χ1) is 6.38. The van der Waals surface area contributed by atoms with Crippen molar-refractivity contribution in [3.05, 3.63) is 30.3 Å². The molecule has 0 aliphatic carbocycles. The zero-order valence-corrected chi connectivity index (χ0v) is 9.44. The lowest BCUT2D eigenvalue weighted by Crippen LogP contribution is -2.11. The lowest BCUT2D eigenvalue weighted by molar-refractivity contribution is 1.05. The van der Waals surface area contributed by atoms with Crippen molar-refractivity contribution in [2.24, 2.45) is 0 Å². The number of hydrogen-bond donors (Lipinski definition) is 0. The van der Waals surface area contributed by atoms with Gasteiger partial charge in [0.25, 0.3) is 0 Å². The molecule has 0 aromatic heterocycles. The highest BCUT2D eigenvalue weighted by Gasteiger charge is 2.18. The zero-order chi connectivity index (χ0) is 9.52. The molecule has 0 saturated carbocycles. The molecule has 0 spiro atoms. The van der Waals surface area contributed by atoms with Crippen LogP contribution in [-0.4, -0.2) is 11.5 Å². The maximum atomic E-state index is 2.28. The van der Waals surface area contributed by atoms with E-state index >= 15 is 0 Å². The van der Waals surface area contributed by atoms with Gasteiger partial charge in [0, 0.05) is 10.9 Å². The summed E-state index contributed by atoms with van der Waals surface area (Å²) in [5, 5.41) is 0. The third-order valence-electron chi connectivity index (χ3n) is 1.98. The van der Waals surface area contributed by atoms with Gasteiger partial charge in [-0.1, -0.05) is 32.0 Å². The van der Waals surface area contributed by atoms with E-state index in [9.17, 15) is 0 Å². The molecule has 0 radical (unpaired) electrons. The van der Waals surface area contributed by atoms with Crippen molar-refractivity contribution in [2.45, 2.75) is 31.6 Å².